The van der Waals surface area contributed by atoms with Crippen LogP contribution in [0.25, 0.3) is 0 Å². The number of hydrogen-bond acceptors (Lipinski definition) is 5. The third-order valence-corrected chi connectivity index (χ3v) is 2.82. The molecule has 0 aliphatic rings. The van der Waals surface area contributed by atoms with E-state index in [9.17, 15) is 14.4 Å². The van der Waals surface area contributed by atoms with Gasteiger partial charge in [-0.15, -0.1) is 0 Å². The minimum Gasteiger partial charge on any atom is -0.468 e. The summed E-state index contributed by atoms with van der Waals surface area (Å²) in [5.41, 5.74) is 0. The Morgan fingerprint density at radius 1 is 0.944 bits per heavy atom. The highest BCUT2D eigenvalue weighted by Crippen LogP contribution is 2.23. The Bertz CT molecular complexity index is 282. The van der Waals surface area contributed by atoms with E-state index < -0.39 is 23.8 Å². The fraction of sp³-hybridized carbons (Fsp3) is 0.769. The van der Waals surface area contributed by atoms with Crippen LogP contribution in [0.3, 0.4) is 0 Å². The van der Waals surface area contributed by atoms with Gasteiger partial charge in [-0.05, 0) is 12.8 Å². The Labute approximate surface area is 108 Å². The van der Waals surface area contributed by atoms with E-state index in [-0.39, 0.29) is 5.78 Å². The summed E-state index contributed by atoms with van der Waals surface area (Å²) in [6, 6.07) is 0. The third-order valence-electron chi connectivity index (χ3n) is 2.82. The fourth-order valence-corrected chi connectivity index (χ4v) is 1.94. The summed E-state index contributed by atoms with van der Waals surface area (Å²) < 4.78 is 9.20. The van der Waals surface area contributed by atoms with Crippen LogP contribution in [-0.4, -0.2) is 31.9 Å². The Balaban J connectivity index is 5.14. The third kappa shape index (κ3) is 4.47. The predicted octanol–water partition coefficient (Wildman–Crippen LogP) is 1.73. The normalized spacial score (nSPS) is 12.1. The average Bonchev–Trinajstić information content (AvgIpc) is 2.37. The highest BCUT2D eigenvalue weighted by atomic mass is 16.5. The molecule has 1 atom stereocenters. The van der Waals surface area contributed by atoms with Gasteiger partial charge < -0.3 is 9.47 Å². The Morgan fingerprint density at radius 2 is 1.44 bits per heavy atom. The molecule has 0 aromatic heterocycles. The molecule has 0 aromatic rings. The van der Waals surface area contributed by atoms with Gasteiger partial charge in [0.15, 0.2) is 5.92 Å². The molecule has 0 fully saturated rings. The summed E-state index contributed by atoms with van der Waals surface area (Å²) in [4.78, 5) is 35.3. The molecule has 5 heteroatoms. The highest BCUT2D eigenvalue weighted by Gasteiger charge is 2.39. The van der Waals surface area contributed by atoms with Crippen LogP contribution in [0.15, 0.2) is 0 Å². The first-order valence-electron chi connectivity index (χ1n) is 6.21. The Kier molecular flexibility index (Phi) is 8.00. The quantitative estimate of drug-likeness (QED) is 0.490. The second-order valence-electron chi connectivity index (χ2n) is 4.14. The molecule has 0 bridgehead atoms. The van der Waals surface area contributed by atoms with Gasteiger partial charge in [-0.3, -0.25) is 14.4 Å². The summed E-state index contributed by atoms with van der Waals surface area (Å²) in [5.74, 6) is -3.27. The highest BCUT2D eigenvalue weighted by molar-refractivity contribution is 6.00. The second-order valence-corrected chi connectivity index (χ2v) is 4.14. The van der Waals surface area contributed by atoms with Gasteiger partial charge in [0.05, 0.1) is 14.2 Å². The molecule has 5 nitrogen and oxygen atoms in total. The van der Waals surface area contributed by atoms with Crippen molar-refractivity contribution in [2.24, 2.45) is 11.8 Å². The van der Waals surface area contributed by atoms with E-state index in [0.717, 1.165) is 0 Å². The van der Waals surface area contributed by atoms with Crippen molar-refractivity contribution in [3.63, 3.8) is 0 Å². The van der Waals surface area contributed by atoms with E-state index in [1.54, 1.807) is 0 Å². The molecular formula is C13H22O5. The predicted molar refractivity (Wildman–Crippen MR) is 65.8 cm³/mol. The Hall–Kier alpha value is -1.39. The van der Waals surface area contributed by atoms with Crippen molar-refractivity contribution in [3.05, 3.63) is 0 Å². The zero-order chi connectivity index (χ0) is 14.1. The van der Waals surface area contributed by atoms with Crippen LogP contribution in [0.2, 0.25) is 0 Å². The molecule has 0 saturated carbocycles. The molecular weight excluding hydrogens is 236 g/mol. The molecule has 0 N–H and O–H groups in total. The van der Waals surface area contributed by atoms with Crippen molar-refractivity contribution in [1.29, 1.82) is 0 Å². The number of hydrogen-bond donors (Lipinski definition) is 0. The summed E-state index contributed by atoms with van der Waals surface area (Å²) in [6.07, 6.45) is 2.24. The van der Waals surface area contributed by atoms with Crippen molar-refractivity contribution in [1.82, 2.24) is 0 Å². The van der Waals surface area contributed by atoms with Crippen LogP contribution in [0.5, 0.6) is 0 Å². The van der Waals surface area contributed by atoms with Crippen LogP contribution in [-0.2, 0) is 23.9 Å². The first kappa shape index (κ1) is 16.6. The molecule has 0 aliphatic heterocycles. The molecule has 18 heavy (non-hydrogen) atoms. The van der Waals surface area contributed by atoms with Crippen molar-refractivity contribution in [3.8, 4) is 0 Å². The number of ether oxygens (including phenoxy) is 2. The van der Waals surface area contributed by atoms with Gasteiger partial charge in [0.1, 0.15) is 5.78 Å². The summed E-state index contributed by atoms with van der Waals surface area (Å²) in [6.45, 7) is 3.78. The maximum absolute atomic E-state index is 12.0. The SMILES string of the molecule is CCCC(=O)[C@@H](CCC)C(C(=O)OC)C(=O)OC. The lowest BCUT2D eigenvalue weighted by atomic mass is 9.83. The molecule has 0 spiro atoms. The molecule has 0 radical (unpaired) electrons. The monoisotopic (exact) mass is 258 g/mol. The maximum atomic E-state index is 12.0. The molecule has 0 unspecified atom stereocenters. The molecule has 104 valence electrons. The first-order chi connectivity index (χ1) is 8.53. The van der Waals surface area contributed by atoms with E-state index >= 15 is 0 Å². The molecule has 0 heterocycles. The van der Waals surface area contributed by atoms with Crippen LogP contribution in [0.4, 0.5) is 0 Å². The van der Waals surface area contributed by atoms with Crippen LogP contribution in [0, 0.1) is 11.8 Å². The van der Waals surface area contributed by atoms with Crippen LogP contribution >= 0.6 is 0 Å². The molecule has 0 aromatic carbocycles. The summed E-state index contributed by atoms with van der Waals surface area (Å²) in [7, 11) is 2.40. The van der Waals surface area contributed by atoms with Gasteiger partial charge in [0, 0.05) is 12.3 Å². The van der Waals surface area contributed by atoms with E-state index in [2.05, 4.69) is 9.47 Å². The number of carbonyl (C=O) groups is 3. The fourth-order valence-electron chi connectivity index (χ4n) is 1.94. The standard InChI is InChI=1S/C13H22O5/c1-5-7-9(10(14)8-6-2)11(12(15)17-3)13(16)18-4/h9,11H,5-8H2,1-4H3/t9-/m1/s1. The number of Topliss-reactive ketones (excluding diaryl/α,β-unsaturated/α-hetero) is 1. The number of rotatable bonds is 8. The van der Waals surface area contributed by atoms with E-state index in [1.165, 1.54) is 14.2 Å². The van der Waals surface area contributed by atoms with E-state index in [0.29, 0.717) is 25.7 Å². The van der Waals surface area contributed by atoms with Gasteiger partial charge >= 0.3 is 11.9 Å². The van der Waals surface area contributed by atoms with E-state index in [1.807, 2.05) is 13.8 Å². The largest absolute Gasteiger partial charge is 0.468 e. The van der Waals surface area contributed by atoms with Crippen molar-refractivity contribution in [2.75, 3.05) is 14.2 Å². The zero-order valence-corrected chi connectivity index (χ0v) is 11.5. The lowest BCUT2D eigenvalue weighted by Gasteiger charge is -2.21. The molecule has 0 aliphatic carbocycles. The van der Waals surface area contributed by atoms with Crippen LogP contribution in [0.1, 0.15) is 39.5 Å². The minimum absolute atomic E-state index is 0.0832. The van der Waals surface area contributed by atoms with Crippen LogP contribution < -0.4 is 0 Å². The van der Waals surface area contributed by atoms with Gasteiger partial charge in [0.25, 0.3) is 0 Å². The second kappa shape index (κ2) is 8.66. The number of carbonyl (C=O) groups excluding carboxylic acids is 3. The maximum Gasteiger partial charge on any atom is 0.320 e. The van der Waals surface area contributed by atoms with Crippen molar-refractivity contribution < 1.29 is 23.9 Å². The Morgan fingerprint density at radius 3 is 1.78 bits per heavy atom. The topological polar surface area (TPSA) is 69.7 Å². The zero-order valence-electron chi connectivity index (χ0n) is 11.5. The number of methoxy groups -OCH3 is 2. The number of ketones is 1. The smallest absolute Gasteiger partial charge is 0.320 e. The van der Waals surface area contributed by atoms with Gasteiger partial charge in [0.2, 0.25) is 0 Å². The van der Waals surface area contributed by atoms with Crippen molar-refractivity contribution in [2.45, 2.75) is 39.5 Å². The lowest BCUT2D eigenvalue weighted by molar-refractivity contribution is -0.163. The molecule has 0 rings (SSSR count). The van der Waals surface area contributed by atoms with Crippen molar-refractivity contribution >= 4 is 17.7 Å². The van der Waals surface area contributed by atoms with E-state index in [4.69, 9.17) is 0 Å². The lowest BCUT2D eigenvalue weighted by Crippen LogP contribution is -2.37. The summed E-state index contributed by atoms with van der Waals surface area (Å²) in [5, 5.41) is 0. The van der Waals surface area contributed by atoms with Gasteiger partial charge in [-0.25, -0.2) is 0 Å². The van der Waals surface area contributed by atoms with Gasteiger partial charge in [-0.1, -0.05) is 20.3 Å². The average molecular weight is 258 g/mol. The van der Waals surface area contributed by atoms with Gasteiger partial charge in [-0.2, -0.15) is 0 Å². The number of esters is 2. The first-order valence-corrected chi connectivity index (χ1v) is 6.21. The molecule has 0 saturated heterocycles. The summed E-state index contributed by atoms with van der Waals surface area (Å²) >= 11 is 0. The molecule has 0 amide bonds. The minimum atomic E-state index is -1.14.